The number of benzene rings is 2. The van der Waals surface area contributed by atoms with Crippen molar-refractivity contribution in [3.63, 3.8) is 0 Å². The number of methoxy groups -OCH3 is 1. The highest BCUT2D eigenvalue weighted by atomic mass is 35.5. The van der Waals surface area contributed by atoms with Crippen molar-refractivity contribution in [2.75, 3.05) is 12.4 Å². The van der Waals surface area contributed by atoms with E-state index in [1.165, 1.54) is 18.4 Å². The van der Waals surface area contributed by atoms with E-state index in [0.717, 1.165) is 21.7 Å². The van der Waals surface area contributed by atoms with Crippen LogP contribution in [-0.2, 0) is 22.5 Å². The molecule has 0 saturated carbocycles. The number of anilines is 1. The maximum absolute atomic E-state index is 11.7. The number of rotatable bonds is 6. The summed E-state index contributed by atoms with van der Waals surface area (Å²) in [5.74, 6) is -0.0812. The van der Waals surface area contributed by atoms with E-state index in [0.29, 0.717) is 16.7 Å². The van der Waals surface area contributed by atoms with Gasteiger partial charge in [-0.15, -0.1) is 11.3 Å². The second-order valence-corrected chi connectivity index (χ2v) is 7.09. The van der Waals surface area contributed by atoms with E-state index in [1.807, 2.05) is 24.3 Å². The molecule has 0 saturated heterocycles. The van der Waals surface area contributed by atoms with Crippen molar-refractivity contribution in [1.82, 2.24) is 4.98 Å². The minimum atomic E-state index is -0.311. The van der Waals surface area contributed by atoms with E-state index in [9.17, 15) is 9.90 Å². The Kier molecular flexibility index (Phi) is 5.75. The van der Waals surface area contributed by atoms with E-state index >= 15 is 0 Å². The van der Waals surface area contributed by atoms with Gasteiger partial charge in [0.2, 0.25) is 0 Å². The topological polar surface area (TPSA) is 71.5 Å². The predicted molar refractivity (Wildman–Crippen MR) is 104 cm³/mol. The second kappa shape index (κ2) is 8.21. The summed E-state index contributed by atoms with van der Waals surface area (Å²) in [6, 6.07) is 14.3. The van der Waals surface area contributed by atoms with Crippen LogP contribution in [0.15, 0.2) is 48.5 Å². The van der Waals surface area contributed by atoms with Crippen LogP contribution in [-0.4, -0.2) is 23.2 Å². The molecule has 0 atom stereocenters. The van der Waals surface area contributed by atoms with Gasteiger partial charge in [0.15, 0.2) is 5.13 Å². The summed E-state index contributed by atoms with van der Waals surface area (Å²) in [4.78, 5) is 17.2. The van der Waals surface area contributed by atoms with Crippen LogP contribution in [0.1, 0.15) is 10.4 Å². The second-order valence-electron chi connectivity index (χ2n) is 5.57. The molecule has 2 aromatic carbocycles. The summed E-state index contributed by atoms with van der Waals surface area (Å²) in [5, 5.41) is 14.0. The third-order valence-corrected chi connectivity index (χ3v) is 4.99. The molecule has 0 bridgehead atoms. The molecular formula is C19H17ClN2O3S. The Morgan fingerprint density at radius 3 is 2.54 bits per heavy atom. The van der Waals surface area contributed by atoms with Gasteiger partial charge in [0, 0.05) is 22.0 Å². The van der Waals surface area contributed by atoms with Gasteiger partial charge in [-0.25, -0.2) is 4.98 Å². The molecule has 0 amide bonds. The van der Waals surface area contributed by atoms with Crippen molar-refractivity contribution in [3.05, 3.63) is 64.0 Å². The zero-order chi connectivity index (χ0) is 18.5. The molecule has 26 heavy (non-hydrogen) atoms. The van der Waals surface area contributed by atoms with Crippen molar-refractivity contribution in [2.24, 2.45) is 0 Å². The Hall–Kier alpha value is -2.57. The van der Waals surface area contributed by atoms with Crippen LogP contribution in [0, 0.1) is 0 Å². The highest BCUT2D eigenvalue weighted by Gasteiger charge is 2.16. The van der Waals surface area contributed by atoms with Crippen LogP contribution in [0.25, 0.3) is 11.3 Å². The van der Waals surface area contributed by atoms with Gasteiger partial charge in [0.25, 0.3) is 0 Å². The first kappa shape index (κ1) is 18.2. The number of carbonyl (C=O) groups is 1. The molecular weight excluding hydrogens is 372 g/mol. The van der Waals surface area contributed by atoms with Gasteiger partial charge < -0.3 is 15.2 Å². The van der Waals surface area contributed by atoms with E-state index < -0.39 is 0 Å². The smallest absolute Gasteiger partial charge is 0.310 e. The van der Waals surface area contributed by atoms with Gasteiger partial charge in [-0.2, -0.15) is 0 Å². The standard InChI is InChI=1S/C19H17ClN2O3S/c1-25-17(24)10-16-18(13-4-6-14(20)7-5-13)22-19(26-16)21-11-12-2-8-15(23)9-3-12/h2-9,23H,10-11H2,1H3,(H,21,22). The molecule has 0 aliphatic heterocycles. The molecule has 0 fully saturated rings. The fourth-order valence-electron chi connectivity index (χ4n) is 2.38. The van der Waals surface area contributed by atoms with Crippen molar-refractivity contribution >= 4 is 34.0 Å². The molecule has 3 rings (SSSR count). The number of thiazole rings is 1. The van der Waals surface area contributed by atoms with Crippen LogP contribution in [0.3, 0.4) is 0 Å². The molecule has 5 nitrogen and oxygen atoms in total. The molecule has 134 valence electrons. The van der Waals surface area contributed by atoms with E-state index in [-0.39, 0.29) is 18.1 Å². The third kappa shape index (κ3) is 4.53. The number of carbonyl (C=O) groups excluding carboxylic acids is 1. The van der Waals surface area contributed by atoms with Crippen LogP contribution >= 0.6 is 22.9 Å². The average Bonchev–Trinajstić information content (AvgIpc) is 3.04. The largest absolute Gasteiger partial charge is 0.508 e. The lowest BCUT2D eigenvalue weighted by molar-refractivity contribution is -0.139. The number of ether oxygens (including phenoxy) is 1. The lowest BCUT2D eigenvalue weighted by atomic mass is 10.1. The maximum atomic E-state index is 11.7. The number of hydrogen-bond donors (Lipinski definition) is 2. The summed E-state index contributed by atoms with van der Waals surface area (Å²) in [6.07, 6.45) is 0.160. The summed E-state index contributed by atoms with van der Waals surface area (Å²) in [6.45, 7) is 0.561. The normalized spacial score (nSPS) is 10.5. The minimum Gasteiger partial charge on any atom is -0.508 e. The Labute approximate surface area is 160 Å². The fraction of sp³-hybridized carbons (Fsp3) is 0.158. The molecule has 3 aromatic rings. The molecule has 0 unspecified atom stereocenters. The van der Waals surface area contributed by atoms with Gasteiger partial charge >= 0.3 is 5.97 Å². The van der Waals surface area contributed by atoms with Gasteiger partial charge in [-0.3, -0.25) is 4.79 Å². The fourth-order valence-corrected chi connectivity index (χ4v) is 3.47. The summed E-state index contributed by atoms with van der Waals surface area (Å²) in [7, 11) is 1.37. The number of phenols is 1. The predicted octanol–water partition coefficient (Wildman–Crippen LogP) is 4.50. The highest BCUT2D eigenvalue weighted by molar-refractivity contribution is 7.16. The van der Waals surface area contributed by atoms with Crippen LogP contribution in [0.2, 0.25) is 5.02 Å². The molecule has 0 radical (unpaired) electrons. The first-order chi connectivity index (χ1) is 12.5. The van der Waals surface area contributed by atoms with Crippen LogP contribution in [0.5, 0.6) is 5.75 Å². The lowest BCUT2D eigenvalue weighted by Crippen LogP contribution is -2.03. The van der Waals surface area contributed by atoms with Crippen LogP contribution in [0.4, 0.5) is 5.13 Å². The summed E-state index contributed by atoms with van der Waals surface area (Å²) < 4.78 is 4.79. The van der Waals surface area contributed by atoms with Gasteiger partial charge in [0.05, 0.1) is 19.2 Å². The van der Waals surface area contributed by atoms with Gasteiger partial charge in [0.1, 0.15) is 5.75 Å². The van der Waals surface area contributed by atoms with E-state index in [4.69, 9.17) is 16.3 Å². The van der Waals surface area contributed by atoms with Gasteiger partial charge in [-0.05, 0) is 29.8 Å². The maximum Gasteiger partial charge on any atom is 0.310 e. The Morgan fingerprint density at radius 2 is 1.88 bits per heavy atom. The SMILES string of the molecule is COC(=O)Cc1sc(NCc2ccc(O)cc2)nc1-c1ccc(Cl)cc1. The summed E-state index contributed by atoms with van der Waals surface area (Å²) >= 11 is 7.38. The molecule has 2 N–H and O–H groups in total. The van der Waals surface area contributed by atoms with E-state index in [2.05, 4.69) is 10.3 Å². The van der Waals surface area contributed by atoms with Crippen LogP contribution < -0.4 is 5.32 Å². The first-order valence-corrected chi connectivity index (χ1v) is 9.09. The number of halogens is 1. The number of aromatic nitrogens is 1. The number of nitrogens with one attached hydrogen (secondary N) is 1. The zero-order valence-corrected chi connectivity index (χ0v) is 15.6. The quantitative estimate of drug-likeness (QED) is 0.608. The molecule has 7 heteroatoms. The van der Waals surface area contributed by atoms with Crippen molar-refractivity contribution in [3.8, 4) is 17.0 Å². The number of phenolic OH excluding ortho intramolecular Hbond substituents is 1. The monoisotopic (exact) mass is 388 g/mol. The van der Waals surface area contributed by atoms with Crippen molar-refractivity contribution < 1.29 is 14.6 Å². The number of hydrogen-bond acceptors (Lipinski definition) is 6. The molecule has 1 aromatic heterocycles. The molecule has 0 aliphatic rings. The Morgan fingerprint density at radius 1 is 1.19 bits per heavy atom. The third-order valence-electron chi connectivity index (χ3n) is 3.73. The molecule has 1 heterocycles. The molecule has 0 aliphatic carbocycles. The highest BCUT2D eigenvalue weighted by Crippen LogP contribution is 2.32. The Balaban J connectivity index is 1.83. The van der Waals surface area contributed by atoms with E-state index in [1.54, 1.807) is 24.3 Å². The number of nitrogens with zero attached hydrogens (tertiary/aromatic N) is 1. The summed E-state index contributed by atoms with van der Waals surface area (Å²) in [5.41, 5.74) is 2.65. The molecule has 0 spiro atoms. The zero-order valence-electron chi connectivity index (χ0n) is 14.0. The van der Waals surface area contributed by atoms with Crippen molar-refractivity contribution in [1.29, 1.82) is 0 Å². The number of aromatic hydroxyl groups is 1. The first-order valence-electron chi connectivity index (χ1n) is 7.89. The average molecular weight is 389 g/mol. The Bertz CT molecular complexity index is 892. The lowest BCUT2D eigenvalue weighted by Gasteiger charge is -2.03. The minimum absolute atomic E-state index is 0.160. The number of esters is 1. The van der Waals surface area contributed by atoms with Gasteiger partial charge in [-0.1, -0.05) is 35.9 Å². The van der Waals surface area contributed by atoms with Crippen molar-refractivity contribution in [2.45, 2.75) is 13.0 Å².